The van der Waals surface area contributed by atoms with Crippen LogP contribution in [0.15, 0.2) is 48.5 Å². The first-order chi connectivity index (χ1) is 15.5. The summed E-state index contributed by atoms with van der Waals surface area (Å²) in [6.07, 6.45) is 0.861. The molecule has 0 atom stereocenters. The van der Waals surface area contributed by atoms with Crippen molar-refractivity contribution in [3.63, 3.8) is 0 Å². The lowest BCUT2D eigenvalue weighted by Gasteiger charge is -2.17. The Morgan fingerprint density at radius 1 is 1.00 bits per heavy atom. The van der Waals surface area contributed by atoms with E-state index in [4.69, 9.17) is 27.9 Å². The Labute approximate surface area is 198 Å². The molecule has 3 aromatic carbocycles. The molecule has 0 saturated heterocycles. The lowest BCUT2D eigenvalue weighted by Crippen LogP contribution is -2.25. The van der Waals surface area contributed by atoms with Crippen LogP contribution in [-0.4, -0.2) is 40.8 Å². The quantitative estimate of drug-likeness (QED) is 0.278. The van der Waals surface area contributed by atoms with Gasteiger partial charge in [-0.3, -0.25) is 0 Å². The molecule has 0 saturated carbocycles. The van der Waals surface area contributed by atoms with Crippen molar-refractivity contribution >= 4 is 44.9 Å². The molecule has 4 nitrogen and oxygen atoms in total. The van der Waals surface area contributed by atoms with Crippen molar-refractivity contribution < 1.29 is 9.84 Å². The van der Waals surface area contributed by atoms with E-state index in [0.29, 0.717) is 27.8 Å². The summed E-state index contributed by atoms with van der Waals surface area (Å²) in [5, 5.41) is 14.7. The van der Waals surface area contributed by atoms with E-state index in [0.717, 1.165) is 53.5 Å². The molecule has 0 unspecified atom stereocenters. The number of hydrogen-bond acceptors (Lipinski definition) is 3. The van der Waals surface area contributed by atoms with Crippen molar-refractivity contribution in [3.8, 4) is 22.8 Å². The van der Waals surface area contributed by atoms with Crippen molar-refractivity contribution in [1.82, 2.24) is 9.47 Å². The van der Waals surface area contributed by atoms with E-state index >= 15 is 0 Å². The molecule has 1 aromatic heterocycles. The summed E-state index contributed by atoms with van der Waals surface area (Å²) in [6, 6.07) is 16.2. The van der Waals surface area contributed by atoms with Gasteiger partial charge in [0.1, 0.15) is 0 Å². The van der Waals surface area contributed by atoms with Crippen LogP contribution in [0.25, 0.3) is 32.8 Å². The number of aromatic nitrogens is 1. The van der Waals surface area contributed by atoms with Crippen LogP contribution in [0.3, 0.4) is 0 Å². The zero-order valence-corrected chi connectivity index (χ0v) is 20.2. The summed E-state index contributed by atoms with van der Waals surface area (Å²) in [5.41, 5.74) is 2.40. The zero-order valence-electron chi connectivity index (χ0n) is 18.7. The summed E-state index contributed by atoms with van der Waals surface area (Å²) in [7, 11) is 1.78. The van der Waals surface area contributed by atoms with Gasteiger partial charge in [0, 0.05) is 19.2 Å². The largest absolute Gasteiger partial charge is 0.492 e. The van der Waals surface area contributed by atoms with E-state index in [1.807, 2.05) is 24.3 Å². The minimum absolute atomic E-state index is 0.0523. The molecule has 6 heteroatoms. The van der Waals surface area contributed by atoms with Crippen molar-refractivity contribution in [2.75, 3.05) is 26.2 Å². The van der Waals surface area contributed by atoms with Crippen LogP contribution in [0, 0.1) is 0 Å². The summed E-state index contributed by atoms with van der Waals surface area (Å²) in [4.78, 5) is 2.34. The molecule has 4 aromatic rings. The molecule has 1 heterocycles. The van der Waals surface area contributed by atoms with Gasteiger partial charge >= 0.3 is 0 Å². The number of aryl methyl sites for hydroxylation is 1. The minimum atomic E-state index is 0.0523. The maximum Gasteiger partial charge on any atom is 0.235 e. The molecular formula is C26H28Cl2N2O2. The third-order valence-corrected chi connectivity index (χ3v) is 6.78. The number of hydrogen-bond donors (Lipinski definition) is 1. The number of halogens is 2. The molecule has 0 amide bonds. The number of fused-ring (bicyclic) bond motifs is 2. The van der Waals surface area contributed by atoms with Gasteiger partial charge in [0.25, 0.3) is 0 Å². The second kappa shape index (κ2) is 9.62. The maximum atomic E-state index is 10.8. The number of rotatable bonds is 8. The first kappa shape index (κ1) is 22.8. The monoisotopic (exact) mass is 470 g/mol. The zero-order chi connectivity index (χ0) is 22.8. The normalized spacial score (nSPS) is 11.7. The average molecular weight is 471 g/mol. The smallest absolute Gasteiger partial charge is 0.235 e. The highest BCUT2D eigenvalue weighted by Crippen LogP contribution is 2.48. The Hall–Kier alpha value is -2.40. The molecule has 0 spiro atoms. The highest BCUT2D eigenvalue weighted by atomic mass is 35.5. The SMILES string of the molecule is CCN(CC)CCCOc1c(O)n(C)c2cc(Cl)c(-c3ccc4ccccc4c3)c(Cl)c12. The first-order valence-electron chi connectivity index (χ1n) is 11.0. The van der Waals surface area contributed by atoms with Crippen molar-refractivity contribution in [2.24, 2.45) is 7.05 Å². The van der Waals surface area contributed by atoms with Gasteiger partial charge in [0.05, 0.1) is 27.6 Å². The minimum Gasteiger partial charge on any atom is -0.492 e. The van der Waals surface area contributed by atoms with Crippen LogP contribution in [0.1, 0.15) is 20.3 Å². The molecule has 0 aliphatic carbocycles. The summed E-state index contributed by atoms with van der Waals surface area (Å²) < 4.78 is 7.73. The van der Waals surface area contributed by atoms with Crippen LogP contribution < -0.4 is 4.74 Å². The van der Waals surface area contributed by atoms with Gasteiger partial charge < -0.3 is 19.3 Å². The second-order valence-corrected chi connectivity index (χ2v) is 8.73. The standard InChI is InChI=1S/C26H28Cl2N2O2/c1-4-30(5-2)13-8-14-32-25-23-21(29(3)26(25)31)16-20(27)22(24(23)28)19-12-11-17-9-6-7-10-18(17)15-19/h6-7,9-12,15-16,31H,4-5,8,13-14H2,1-3H3. The molecule has 0 aliphatic heterocycles. The fraction of sp³-hybridized carbons (Fsp3) is 0.308. The van der Waals surface area contributed by atoms with Gasteiger partial charge in [0.2, 0.25) is 5.88 Å². The van der Waals surface area contributed by atoms with Crippen molar-refractivity contribution in [1.29, 1.82) is 0 Å². The van der Waals surface area contributed by atoms with Gasteiger partial charge in [-0.05, 0) is 48.0 Å². The summed E-state index contributed by atoms with van der Waals surface area (Å²) in [6.45, 7) is 7.76. The van der Waals surface area contributed by atoms with Gasteiger partial charge in [0.15, 0.2) is 5.75 Å². The van der Waals surface area contributed by atoms with Gasteiger partial charge in [-0.1, -0.05) is 73.4 Å². The molecule has 0 fully saturated rings. The van der Waals surface area contributed by atoms with Crippen molar-refractivity contribution in [3.05, 3.63) is 58.6 Å². The Morgan fingerprint density at radius 2 is 1.72 bits per heavy atom. The van der Waals surface area contributed by atoms with E-state index in [1.54, 1.807) is 11.6 Å². The Bertz CT molecular complexity index is 1260. The molecule has 32 heavy (non-hydrogen) atoms. The topological polar surface area (TPSA) is 37.6 Å². The van der Waals surface area contributed by atoms with Crippen LogP contribution in [-0.2, 0) is 7.05 Å². The van der Waals surface area contributed by atoms with E-state index in [2.05, 4.69) is 43.0 Å². The Kier molecular flexibility index (Phi) is 6.85. The van der Waals surface area contributed by atoms with Gasteiger partial charge in [-0.25, -0.2) is 0 Å². The number of ether oxygens (including phenoxy) is 1. The first-order valence-corrected chi connectivity index (χ1v) is 11.8. The van der Waals surface area contributed by atoms with Crippen LogP contribution in [0.4, 0.5) is 0 Å². The predicted octanol–water partition coefficient (Wildman–Crippen LogP) is 7.12. The number of nitrogens with zero attached hydrogens (tertiary/aromatic N) is 2. The maximum absolute atomic E-state index is 10.8. The average Bonchev–Trinajstić information content (AvgIpc) is 3.04. The van der Waals surface area contributed by atoms with Crippen molar-refractivity contribution in [2.45, 2.75) is 20.3 Å². The third-order valence-electron chi connectivity index (χ3n) is 6.10. The van der Waals surface area contributed by atoms with E-state index < -0.39 is 0 Å². The molecule has 168 valence electrons. The highest BCUT2D eigenvalue weighted by molar-refractivity contribution is 6.43. The predicted molar refractivity (Wildman–Crippen MR) is 135 cm³/mol. The fourth-order valence-corrected chi connectivity index (χ4v) is 4.96. The Balaban J connectivity index is 1.75. The third kappa shape index (κ3) is 4.15. The molecule has 0 radical (unpaired) electrons. The summed E-state index contributed by atoms with van der Waals surface area (Å²) in [5.74, 6) is 0.460. The molecule has 0 bridgehead atoms. The second-order valence-electron chi connectivity index (χ2n) is 7.94. The lowest BCUT2D eigenvalue weighted by molar-refractivity contribution is 0.244. The van der Waals surface area contributed by atoms with Crippen LogP contribution in [0.2, 0.25) is 10.0 Å². The molecular weight excluding hydrogens is 443 g/mol. The fourth-order valence-electron chi connectivity index (χ4n) is 4.21. The van der Waals surface area contributed by atoms with Gasteiger partial charge in [-0.15, -0.1) is 0 Å². The molecule has 4 rings (SSSR count). The summed E-state index contributed by atoms with van der Waals surface area (Å²) >= 11 is 13.6. The molecule has 0 aliphatic rings. The molecule has 1 N–H and O–H groups in total. The van der Waals surface area contributed by atoms with Crippen LogP contribution in [0.5, 0.6) is 11.6 Å². The number of aromatic hydroxyl groups is 1. The Morgan fingerprint density at radius 3 is 2.44 bits per heavy atom. The van der Waals surface area contributed by atoms with Gasteiger partial charge in [-0.2, -0.15) is 0 Å². The highest BCUT2D eigenvalue weighted by Gasteiger charge is 2.23. The van der Waals surface area contributed by atoms with E-state index in [1.165, 1.54) is 0 Å². The van der Waals surface area contributed by atoms with Crippen LogP contribution >= 0.6 is 23.2 Å². The number of benzene rings is 3. The lowest BCUT2D eigenvalue weighted by atomic mass is 10.00. The van der Waals surface area contributed by atoms with E-state index in [-0.39, 0.29) is 5.88 Å². The van der Waals surface area contributed by atoms with E-state index in [9.17, 15) is 5.11 Å².